The van der Waals surface area contributed by atoms with Crippen LogP contribution in [0.2, 0.25) is 0 Å². The molecule has 3 aromatic rings. The van der Waals surface area contributed by atoms with E-state index in [1.165, 1.54) is 11.3 Å². The molecule has 1 atom stereocenters. The number of hydrogen-bond donors (Lipinski definition) is 0. The van der Waals surface area contributed by atoms with Gasteiger partial charge in [-0.3, -0.25) is 0 Å². The van der Waals surface area contributed by atoms with Gasteiger partial charge in [-0.2, -0.15) is 20.5 Å². The van der Waals surface area contributed by atoms with E-state index in [-0.39, 0.29) is 5.41 Å². The molecular weight excluding hydrogens is 458 g/mol. The van der Waals surface area contributed by atoms with Crippen molar-refractivity contribution in [2.75, 3.05) is 31.2 Å². The second kappa shape index (κ2) is 13.8. The second-order valence-corrected chi connectivity index (χ2v) is 10.2. The zero-order chi connectivity index (χ0) is 26.7. The van der Waals surface area contributed by atoms with Gasteiger partial charge in [0.2, 0.25) is 0 Å². The molecule has 0 heterocycles. The van der Waals surface area contributed by atoms with Crippen molar-refractivity contribution in [2.24, 2.45) is 25.9 Å². The molecule has 0 aliphatic carbocycles. The highest BCUT2D eigenvalue weighted by Gasteiger charge is 2.26. The fraction of sp³-hybridized carbons (Fsp3) is 0.419. The molecule has 0 aromatic heterocycles. The minimum atomic E-state index is 0.116. The molecule has 0 saturated carbocycles. The number of anilines is 1. The summed E-state index contributed by atoms with van der Waals surface area (Å²) in [6, 6.07) is 24.1. The predicted molar refractivity (Wildman–Crippen MR) is 155 cm³/mol. The van der Waals surface area contributed by atoms with Gasteiger partial charge in [0.25, 0.3) is 0 Å². The van der Waals surface area contributed by atoms with Crippen LogP contribution in [0.5, 0.6) is 0 Å². The van der Waals surface area contributed by atoms with Gasteiger partial charge >= 0.3 is 0 Å². The lowest BCUT2D eigenvalue weighted by molar-refractivity contribution is 0.0886. The summed E-state index contributed by atoms with van der Waals surface area (Å²) in [6.45, 7) is 16.7. The maximum absolute atomic E-state index is 5.88. The van der Waals surface area contributed by atoms with Gasteiger partial charge in [0, 0.05) is 31.3 Å². The van der Waals surface area contributed by atoms with Crippen LogP contribution in [0.4, 0.5) is 28.4 Å². The molecule has 1 unspecified atom stereocenters. The fourth-order valence-electron chi connectivity index (χ4n) is 4.10. The summed E-state index contributed by atoms with van der Waals surface area (Å²) in [4.78, 5) is 2.30. The molecule has 3 aromatic carbocycles. The maximum Gasteiger partial charge on any atom is 0.0858 e. The third-order valence-corrected chi connectivity index (χ3v) is 6.36. The zero-order valence-electron chi connectivity index (χ0n) is 23.2. The van der Waals surface area contributed by atoms with Crippen LogP contribution >= 0.6 is 0 Å². The standard InChI is InChI=1S/C31H41N5O/c1-7-22-37-23-30(31(4,5)6)24-10-12-25(13-11-24)32-33-26-14-16-27(17-15-26)34-35-28-18-20-29(21-19-28)36(8-2)9-3/h10-21,30H,7-9,22-23H2,1-6H3. The molecule has 6 heteroatoms. The lowest BCUT2D eigenvalue weighted by atomic mass is 9.77. The average Bonchev–Trinajstić information content (AvgIpc) is 2.90. The van der Waals surface area contributed by atoms with E-state index in [0.29, 0.717) is 5.92 Å². The molecule has 6 nitrogen and oxygen atoms in total. The summed E-state index contributed by atoms with van der Waals surface area (Å²) in [5.41, 5.74) is 5.77. The van der Waals surface area contributed by atoms with Crippen molar-refractivity contribution in [1.29, 1.82) is 0 Å². The number of nitrogens with zero attached hydrogens (tertiary/aromatic N) is 5. The first kappa shape index (κ1) is 28.2. The molecule has 0 amide bonds. The fourth-order valence-corrected chi connectivity index (χ4v) is 4.10. The van der Waals surface area contributed by atoms with Crippen LogP contribution < -0.4 is 4.90 Å². The molecule has 0 bridgehead atoms. The van der Waals surface area contributed by atoms with Crippen molar-refractivity contribution in [3.8, 4) is 0 Å². The van der Waals surface area contributed by atoms with Gasteiger partial charge in [-0.1, -0.05) is 39.8 Å². The smallest absolute Gasteiger partial charge is 0.0858 e. The van der Waals surface area contributed by atoms with Gasteiger partial charge in [-0.25, -0.2) is 0 Å². The van der Waals surface area contributed by atoms with Gasteiger partial charge in [-0.05, 0) is 91.9 Å². The number of benzene rings is 3. The molecular formula is C31H41N5O. The molecule has 0 aliphatic rings. The third-order valence-electron chi connectivity index (χ3n) is 6.36. The van der Waals surface area contributed by atoms with Crippen molar-refractivity contribution in [1.82, 2.24) is 0 Å². The Morgan fingerprint density at radius 2 is 1.05 bits per heavy atom. The Balaban J connectivity index is 1.60. The van der Waals surface area contributed by atoms with Gasteiger partial charge in [0.15, 0.2) is 0 Å². The van der Waals surface area contributed by atoms with Crippen LogP contribution in [0.15, 0.2) is 93.3 Å². The lowest BCUT2D eigenvalue weighted by Gasteiger charge is -2.31. The Hall–Kier alpha value is -3.38. The SMILES string of the molecule is CCCOCC(c1ccc(N=Nc2ccc(N=Nc3ccc(N(CC)CC)cc3)cc2)cc1)C(C)(C)C. The summed E-state index contributed by atoms with van der Waals surface area (Å²) >= 11 is 0. The predicted octanol–water partition coefficient (Wildman–Crippen LogP) is 9.92. The first-order valence-corrected chi connectivity index (χ1v) is 13.3. The summed E-state index contributed by atoms with van der Waals surface area (Å²) in [7, 11) is 0. The first-order valence-electron chi connectivity index (χ1n) is 13.3. The Kier molecular flexibility index (Phi) is 10.5. The van der Waals surface area contributed by atoms with Crippen molar-refractivity contribution in [3.63, 3.8) is 0 Å². The van der Waals surface area contributed by atoms with Gasteiger partial charge in [-0.15, -0.1) is 0 Å². The number of rotatable bonds is 12. The van der Waals surface area contributed by atoms with E-state index in [1.54, 1.807) is 0 Å². The highest BCUT2D eigenvalue weighted by molar-refractivity contribution is 5.53. The quantitative estimate of drug-likeness (QED) is 0.184. The van der Waals surface area contributed by atoms with Crippen molar-refractivity contribution in [2.45, 2.75) is 53.9 Å². The van der Waals surface area contributed by atoms with E-state index in [9.17, 15) is 0 Å². The monoisotopic (exact) mass is 499 g/mol. The van der Waals surface area contributed by atoms with Gasteiger partial charge in [0.05, 0.1) is 29.4 Å². The van der Waals surface area contributed by atoms with E-state index in [2.05, 4.69) is 91.2 Å². The molecule has 0 aliphatic heterocycles. The highest BCUT2D eigenvalue weighted by Crippen LogP contribution is 2.36. The Morgan fingerprint density at radius 3 is 1.43 bits per heavy atom. The molecule has 3 rings (SSSR count). The zero-order valence-corrected chi connectivity index (χ0v) is 23.2. The molecule has 0 spiro atoms. The molecule has 196 valence electrons. The van der Waals surface area contributed by atoms with E-state index >= 15 is 0 Å². The van der Waals surface area contributed by atoms with Gasteiger partial charge < -0.3 is 9.64 Å². The molecule has 0 radical (unpaired) electrons. The van der Waals surface area contributed by atoms with Crippen LogP contribution in [0.25, 0.3) is 0 Å². The van der Waals surface area contributed by atoms with Crippen molar-refractivity contribution in [3.05, 3.63) is 78.4 Å². The number of ether oxygens (including phenoxy) is 1. The first-order chi connectivity index (χ1) is 17.8. The van der Waals surface area contributed by atoms with Crippen LogP contribution in [-0.2, 0) is 4.74 Å². The van der Waals surface area contributed by atoms with Crippen LogP contribution in [0.3, 0.4) is 0 Å². The van der Waals surface area contributed by atoms with Crippen molar-refractivity contribution < 1.29 is 4.74 Å². The maximum atomic E-state index is 5.88. The normalized spacial score (nSPS) is 12.9. The second-order valence-electron chi connectivity index (χ2n) is 10.2. The average molecular weight is 500 g/mol. The minimum Gasteiger partial charge on any atom is -0.381 e. The third kappa shape index (κ3) is 8.60. The molecule has 0 fully saturated rings. The topological polar surface area (TPSA) is 61.9 Å². The van der Waals surface area contributed by atoms with Gasteiger partial charge in [0.1, 0.15) is 0 Å². The number of hydrogen-bond acceptors (Lipinski definition) is 6. The van der Waals surface area contributed by atoms with E-state index in [1.807, 2.05) is 48.5 Å². The van der Waals surface area contributed by atoms with Crippen LogP contribution in [0, 0.1) is 5.41 Å². The van der Waals surface area contributed by atoms with E-state index in [4.69, 9.17) is 4.74 Å². The van der Waals surface area contributed by atoms with Crippen LogP contribution in [-0.4, -0.2) is 26.3 Å². The lowest BCUT2D eigenvalue weighted by Crippen LogP contribution is -2.23. The van der Waals surface area contributed by atoms with E-state index < -0.39 is 0 Å². The highest BCUT2D eigenvalue weighted by atomic mass is 16.5. The van der Waals surface area contributed by atoms with Crippen molar-refractivity contribution >= 4 is 28.4 Å². The Morgan fingerprint density at radius 1 is 0.649 bits per heavy atom. The molecule has 37 heavy (non-hydrogen) atoms. The summed E-state index contributed by atoms with van der Waals surface area (Å²) in [5.74, 6) is 0.326. The summed E-state index contributed by atoms with van der Waals surface area (Å²) in [6.07, 6.45) is 1.03. The Labute approximate surface area is 222 Å². The molecule has 0 N–H and O–H groups in total. The Bertz CT molecular complexity index is 1130. The number of azo groups is 2. The van der Waals surface area contributed by atoms with E-state index in [0.717, 1.165) is 55.5 Å². The summed E-state index contributed by atoms with van der Waals surface area (Å²) < 4.78 is 5.88. The summed E-state index contributed by atoms with van der Waals surface area (Å²) in [5, 5.41) is 17.5. The van der Waals surface area contributed by atoms with Crippen LogP contribution in [0.1, 0.15) is 59.4 Å². The largest absolute Gasteiger partial charge is 0.381 e. The molecule has 0 saturated heterocycles. The minimum absolute atomic E-state index is 0.116.